The number of ether oxygens (including phenoxy) is 1. The second-order valence-electron chi connectivity index (χ2n) is 7.34. The van der Waals surface area contributed by atoms with Gasteiger partial charge in [-0.3, -0.25) is 9.69 Å². The molecule has 0 aromatic heterocycles. The van der Waals surface area contributed by atoms with Crippen LogP contribution in [0.15, 0.2) is 22.7 Å². The van der Waals surface area contributed by atoms with Gasteiger partial charge in [0.2, 0.25) is 0 Å². The summed E-state index contributed by atoms with van der Waals surface area (Å²) in [4.78, 5) is 17.2. The van der Waals surface area contributed by atoms with Gasteiger partial charge in [-0.2, -0.15) is 0 Å². The van der Waals surface area contributed by atoms with Crippen molar-refractivity contribution < 1.29 is 9.53 Å². The summed E-state index contributed by atoms with van der Waals surface area (Å²) in [5.74, 6) is 0.692. The monoisotopic (exact) mass is 428 g/mol. The fraction of sp³-hybridized carbons (Fsp3) is 0.632. The van der Waals surface area contributed by atoms with E-state index in [2.05, 4.69) is 34.7 Å². The standard InChI is InChI=1S/C19H26BrClN2O2/c1-13-10-22(11-14(2)25-13)12-15-5-7-23(8-6-15)19(24)17-9-16(20)3-4-18(17)21/h3-4,9,13-15H,5-8,10-12H2,1-2H3. The number of morpholine rings is 1. The van der Waals surface area contributed by atoms with Crippen LogP contribution < -0.4 is 0 Å². The summed E-state index contributed by atoms with van der Waals surface area (Å²) in [5, 5.41) is 0.520. The topological polar surface area (TPSA) is 32.8 Å². The number of carbonyl (C=O) groups is 1. The zero-order chi connectivity index (χ0) is 18.0. The van der Waals surface area contributed by atoms with Gasteiger partial charge in [0.1, 0.15) is 0 Å². The first-order chi connectivity index (χ1) is 11.9. The molecule has 1 aromatic rings. The van der Waals surface area contributed by atoms with E-state index >= 15 is 0 Å². The lowest BCUT2D eigenvalue weighted by molar-refractivity contribution is -0.0728. The number of nitrogens with zero attached hydrogens (tertiary/aromatic N) is 2. The molecular formula is C19H26BrClN2O2. The lowest BCUT2D eigenvalue weighted by atomic mass is 9.95. The maximum absolute atomic E-state index is 12.7. The van der Waals surface area contributed by atoms with Crippen molar-refractivity contribution in [1.82, 2.24) is 9.80 Å². The van der Waals surface area contributed by atoms with Crippen LogP contribution in [-0.4, -0.2) is 60.6 Å². The summed E-state index contributed by atoms with van der Waals surface area (Å²) in [5.41, 5.74) is 0.588. The zero-order valence-corrected chi connectivity index (χ0v) is 17.2. The van der Waals surface area contributed by atoms with Crippen LogP contribution in [0, 0.1) is 5.92 Å². The summed E-state index contributed by atoms with van der Waals surface area (Å²) in [6, 6.07) is 5.44. The van der Waals surface area contributed by atoms with Gasteiger partial charge >= 0.3 is 0 Å². The van der Waals surface area contributed by atoms with Crippen molar-refractivity contribution in [3.05, 3.63) is 33.3 Å². The van der Waals surface area contributed by atoms with E-state index < -0.39 is 0 Å². The van der Waals surface area contributed by atoms with Crippen LogP contribution in [0.3, 0.4) is 0 Å². The molecule has 1 amide bonds. The van der Waals surface area contributed by atoms with Gasteiger partial charge in [0.05, 0.1) is 22.8 Å². The van der Waals surface area contributed by atoms with Gasteiger partial charge in [-0.15, -0.1) is 0 Å². The third-order valence-corrected chi connectivity index (χ3v) is 5.90. The second kappa shape index (κ2) is 8.38. The molecule has 0 radical (unpaired) electrons. The molecule has 138 valence electrons. The highest BCUT2D eigenvalue weighted by atomic mass is 79.9. The molecular weight excluding hydrogens is 404 g/mol. The number of hydrogen-bond donors (Lipinski definition) is 0. The molecule has 0 aliphatic carbocycles. The van der Waals surface area contributed by atoms with Gasteiger partial charge in [-0.25, -0.2) is 0 Å². The molecule has 0 bridgehead atoms. The molecule has 0 saturated carbocycles. The molecule has 0 N–H and O–H groups in total. The summed E-state index contributed by atoms with van der Waals surface area (Å²) in [6.45, 7) is 9.03. The Morgan fingerprint density at radius 1 is 1.24 bits per heavy atom. The molecule has 25 heavy (non-hydrogen) atoms. The van der Waals surface area contributed by atoms with E-state index in [4.69, 9.17) is 16.3 Å². The first-order valence-corrected chi connectivity index (χ1v) is 10.2. The van der Waals surface area contributed by atoms with Crippen LogP contribution in [0.5, 0.6) is 0 Å². The molecule has 4 nitrogen and oxygen atoms in total. The molecule has 6 heteroatoms. The normalized spacial score (nSPS) is 26.0. The fourth-order valence-corrected chi connectivity index (χ4v) is 4.51. The van der Waals surface area contributed by atoms with Crippen LogP contribution in [-0.2, 0) is 4.74 Å². The third-order valence-electron chi connectivity index (χ3n) is 5.07. The van der Waals surface area contributed by atoms with Crippen molar-refractivity contribution >= 4 is 33.4 Å². The molecule has 3 rings (SSSR count). The highest BCUT2D eigenvalue weighted by molar-refractivity contribution is 9.10. The van der Waals surface area contributed by atoms with Crippen LogP contribution in [0.2, 0.25) is 5.02 Å². The summed E-state index contributed by atoms with van der Waals surface area (Å²) >= 11 is 9.63. The third kappa shape index (κ3) is 4.97. The highest BCUT2D eigenvalue weighted by Crippen LogP contribution is 2.26. The van der Waals surface area contributed by atoms with Crippen molar-refractivity contribution in [3.63, 3.8) is 0 Å². The number of piperidine rings is 1. The van der Waals surface area contributed by atoms with E-state index in [0.717, 1.165) is 50.0 Å². The number of carbonyl (C=O) groups excluding carboxylic acids is 1. The Bertz CT molecular complexity index is 609. The van der Waals surface area contributed by atoms with E-state index in [0.29, 0.717) is 28.7 Å². The zero-order valence-electron chi connectivity index (χ0n) is 14.9. The van der Waals surface area contributed by atoms with Gasteiger partial charge in [-0.1, -0.05) is 27.5 Å². The Labute approximate surface area is 163 Å². The molecule has 1 aromatic carbocycles. The van der Waals surface area contributed by atoms with E-state index in [1.807, 2.05) is 17.0 Å². The fourth-order valence-electron chi connectivity index (χ4n) is 3.95. The highest BCUT2D eigenvalue weighted by Gasteiger charge is 2.28. The molecule has 2 atom stereocenters. The minimum atomic E-state index is 0.0402. The van der Waals surface area contributed by atoms with Crippen molar-refractivity contribution in [1.29, 1.82) is 0 Å². The van der Waals surface area contributed by atoms with Crippen molar-refractivity contribution in [2.75, 3.05) is 32.7 Å². The van der Waals surface area contributed by atoms with Crippen molar-refractivity contribution in [2.24, 2.45) is 5.92 Å². The smallest absolute Gasteiger partial charge is 0.255 e. The summed E-state index contributed by atoms with van der Waals surface area (Å²) in [7, 11) is 0. The van der Waals surface area contributed by atoms with Crippen molar-refractivity contribution in [2.45, 2.75) is 38.9 Å². The predicted molar refractivity (Wildman–Crippen MR) is 104 cm³/mol. The first kappa shape index (κ1) is 19.2. The Hall–Kier alpha value is -0.620. The lowest BCUT2D eigenvalue weighted by Gasteiger charge is -2.39. The Morgan fingerprint density at radius 2 is 1.88 bits per heavy atom. The van der Waals surface area contributed by atoms with E-state index in [1.165, 1.54) is 0 Å². The largest absolute Gasteiger partial charge is 0.373 e. The average molecular weight is 430 g/mol. The maximum atomic E-state index is 12.7. The maximum Gasteiger partial charge on any atom is 0.255 e. The number of amides is 1. The summed E-state index contributed by atoms with van der Waals surface area (Å²) < 4.78 is 6.69. The summed E-state index contributed by atoms with van der Waals surface area (Å²) in [6.07, 6.45) is 2.72. The molecule has 2 aliphatic heterocycles. The number of halogens is 2. The van der Waals surface area contributed by atoms with Crippen LogP contribution in [0.25, 0.3) is 0 Å². The van der Waals surface area contributed by atoms with E-state index in [1.54, 1.807) is 6.07 Å². The molecule has 2 fully saturated rings. The predicted octanol–water partition coefficient (Wildman–Crippen LogP) is 4.06. The first-order valence-electron chi connectivity index (χ1n) is 9.04. The number of hydrogen-bond acceptors (Lipinski definition) is 3. The van der Waals surface area contributed by atoms with Gasteiger partial charge < -0.3 is 9.64 Å². The minimum absolute atomic E-state index is 0.0402. The Balaban J connectivity index is 1.53. The van der Waals surface area contributed by atoms with E-state index in [-0.39, 0.29) is 5.91 Å². The van der Waals surface area contributed by atoms with E-state index in [9.17, 15) is 4.79 Å². The Morgan fingerprint density at radius 3 is 2.52 bits per heavy atom. The number of rotatable bonds is 3. The molecule has 0 spiro atoms. The van der Waals surface area contributed by atoms with Gasteiger partial charge in [0.15, 0.2) is 0 Å². The lowest BCUT2D eigenvalue weighted by Crippen LogP contribution is -2.48. The quantitative estimate of drug-likeness (QED) is 0.726. The Kier molecular flexibility index (Phi) is 6.42. The second-order valence-corrected chi connectivity index (χ2v) is 8.66. The van der Waals surface area contributed by atoms with Crippen molar-refractivity contribution in [3.8, 4) is 0 Å². The van der Waals surface area contributed by atoms with Gasteiger partial charge in [-0.05, 0) is 50.8 Å². The van der Waals surface area contributed by atoms with Crippen LogP contribution in [0.4, 0.5) is 0 Å². The molecule has 2 heterocycles. The van der Waals surface area contributed by atoms with Crippen LogP contribution >= 0.6 is 27.5 Å². The van der Waals surface area contributed by atoms with Gasteiger partial charge in [0.25, 0.3) is 5.91 Å². The SMILES string of the molecule is CC1CN(CC2CCN(C(=O)c3cc(Br)ccc3Cl)CC2)CC(C)O1. The van der Waals surface area contributed by atoms with Crippen LogP contribution in [0.1, 0.15) is 37.0 Å². The number of benzene rings is 1. The van der Waals surface area contributed by atoms with Gasteiger partial charge in [0, 0.05) is 37.2 Å². The average Bonchev–Trinajstić information content (AvgIpc) is 2.56. The molecule has 2 unspecified atom stereocenters. The number of likely N-dealkylation sites (tertiary alicyclic amines) is 1. The minimum Gasteiger partial charge on any atom is -0.373 e. The molecule has 2 saturated heterocycles. The molecule has 2 aliphatic rings.